The first-order chi connectivity index (χ1) is 9.38. The van der Waals surface area contributed by atoms with E-state index in [2.05, 4.69) is 36.9 Å². The number of hydrogen-bond acceptors (Lipinski definition) is 3. The third-order valence-electron chi connectivity index (χ3n) is 3.19. The van der Waals surface area contributed by atoms with Crippen molar-refractivity contribution in [3.8, 4) is 0 Å². The maximum atomic E-state index is 4.25. The van der Waals surface area contributed by atoms with Crippen LogP contribution >= 0.6 is 35.7 Å². The topological polar surface area (TPSA) is 54.2 Å². The number of rotatable bonds is 6. The van der Waals surface area contributed by atoms with Gasteiger partial charge in [0.25, 0.3) is 0 Å². The lowest BCUT2D eigenvalue weighted by molar-refractivity contribution is 0.623. The Bertz CT molecular complexity index is 376. The molecule has 0 bridgehead atoms. The fourth-order valence-electron chi connectivity index (χ4n) is 2.12. The Morgan fingerprint density at radius 2 is 2.40 bits per heavy atom. The summed E-state index contributed by atoms with van der Waals surface area (Å²) in [4.78, 5) is 8.28. The molecule has 5 nitrogen and oxygen atoms in total. The lowest BCUT2D eigenvalue weighted by Crippen LogP contribution is -2.40. The van der Waals surface area contributed by atoms with Crippen LogP contribution in [-0.4, -0.2) is 46.7 Å². The van der Waals surface area contributed by atoms with Crippen LogP contribution in [0, 0.1) is 0 Å². The summed E-state index contributed by atoms with van der Waals surface area (Å²) in [6.45, 7) is 2.93. The van der Waals surface area contributed by atoms with Crippen molar-refractivity contribution in [2.75, 3.05) is 25.9 Å². The van der Waals surface area contributed by atoms with Gasteiger partial charge in [0.1, 0.15) is 0 Å². The third-order valence-corrected chi connectivity index (χ3v) is 4.59. The molecule has 20 heavy (non-hydrogen) atoms. The lowest BCUT2D eigenvalue weighted by Gasteiger charge is -2.14. The molecule has 1 aliphatic heterocycles. The van der Waals surface area contributed by atoms with Crippen LogP contribution in [0.2, 0.25) is 0 Å². The summed E-state index contributed by atoms with van der Waals surface area (Å²) in [6.07, 6.45) is 9.40. The van der Waals surface area contributed by atoms with Crippen molar-refractivity contribution in [3.63, 3.8) is 0 Å². The average molecular weight is 409 g/mol. The highest BCUT2D eigenvalue weighted by atomic mass is 127. The first-order valence-electron chi connectivity index (χ1n) is 6.90. The molecule has 0 aliphatic carbocycles. The summed E-state index contributed by atoms with van der Waals surface area (Å²) in [7, 11) is 1.83. The Morgan fingerprint density at radius 3 is 3.05 bits per heavy atom. The van der Waals surface area contributed by atoms with E-state index in [-0.39, 0.29) is 24.0 Å². The van der Waals surface area contributed by atoms with E-state index in [1.54, 1.807) is 0 Å². The number of imidazole rings is 1. The first kappa shape index (κ1) is 17.6. The second kappa shape index (κ2) is 10.3. The predicted octanol–water partition coefficient (Wildman–Crippen LogP) is 1.95. The molecule has 1 aromatic heterocycles. The van der Waals surface area contributed by atoms with Gasteiger partial charge in [0.05, 0.1) is 6.33 Å². The minimum absolute atomic E-state index is 0. The van der Waals surface area contributed by atoms with E-state index in [0.29, 0.717) is 0 Å². The van der Waals surface area contributed by atoms with Gasteiger partial charge in [-0.2, -0.15) is 11.8 Å². The van der Waals surface area contributed by atoms with Gasteiger partial charge in [-0.15, -0.1) is 24.0 Å². The lowest BCUT2D eigenvalue weighted by atomic mass is 10.2. The number of thioether (sulfide) groups is 1. The van der Waals surface area contributed by atoms with Crippen LogP contribution < -0.4 is 10.6 Å². The summed E-state index contributed by atoms with van der Waals surface area (Å²) in [5.41, 5.74) is 0. The minimum Gasteiger partial charge on any atom is -0.356 e. The molecule has 1 fully saturated rings. The van der Waals surface area contributed by atoms with E-state index in [0.717, 1.165) is 37.3 Å². The van der Waals surface area contributed by atoms with Crippen molar-refractivity contribution in [2.45, 2.75) is 31.1 Å². The number of halogens is 1. The zero-order valence-electron chi connectivity index (χ0n) is 11.9. The number of aliphatic imine (C=N–C) groups is 1. The van der Waals surface area contributed by atoms with Crippen molar-refractivity contribution in [1.29, 1.82) is 0 Å². The second-order valence-electron chi connectivity index (χ2n) is 4.67. The summed E-state index contributed by atoms with van der Waals surface area (Å²) >= 11 is 2.07. The van der Waals surface area contributed by atoms with Crippen LogP contribution in [0.25, 0.3) is 0 Å². The highest BCUT2D eigenvalue weighted by Gasteiger charge is 2.15. The number of nitrogens with zero attached hydrogens (tertiary/aromatic N) is 3. The van der Waals surface area contributed by atoms with Crippen LogP contribution in [0.1, 0.15) is 19.3 Å². The van der Waals surface area contributed by atoms with Crippen LogP contribution in [-0.2, 0) is 6.54 Å². The highest BCUT2D eigenvalue weighted by molar-refractivity contribution is 14.0. The summed E-state index contributed by atoms with van der Waals surface area (Å²) < 4.78 is 2.09. The molecule has 0 amide bonds. The quantitative estimate of drug-likeness (QED) is 0.327. The van der Waals surface area contributed by atoms with E-state index >= 15 is 0 Å². The number of guanidine groups is 1. The normalized spacial score (nSPS) is 18.6. The van der Waals surface area contributed by atoms with Crippen molar-refractivity contribution >= 4 is 41.7 Å². The Morgan fingerprint density at radius 1 is 1.50 bits per heavy atom. The van der Waals surface area contributed by atoms with Gasteiger partial charge in [-0.05, 0) is 25.0 Å². The van der Waals surface area contributed by atoms with Crippen molar-refractivity contribution in [1.82, 2.24) is 20.2 Å². The molecule has 1 aromatic rings. The van der Waals surface area contributed by atoms with Gasteiger partial charge in [-0.3, -0.25) is 4.99 Å². The van der Waals surface area contributed by atoms with Crippen molar-refractivity contribution < 1.29 is 0 Å². The van der Waals surface area contributed by atoms with Gasteiger partial charge in [-0.1, -0.05) is 0 Å². The van der Waals surface area contributed by atoms with Gasteiger partial charge in [0, 0.05) is 44.3 Å². The molecular weight excluding hydrogens is 385 g/mol. The maximum Gasteiger partial charge on any atom is 0.191 e. The molecule has 1 unspecified atom stereocenters. The van der Waals surface area contributed by atoms with Crippen LogP contribution in [0.3, 0.4) is 0 Å². The third kappa shape index (κ3) is 6.34. The fourth-order valence-corrected chi connectivity index (χ4v) is 3.33. The van der Waals surface area contributed by atoms with Gasteiger partial charge < -0.3 is 15.2 Å². The van der Waals surface area contributed by atoms with Crippen molar-refractivity contribution in [2.24, 2.45) is 4.99 Å². The molecule has 0 aromatic carbocycles. The van der Waals surface area contributed by atoms with Crippen molar-refractivity contribution in [3.05, 3.63) is 18.7 Å². The van der Waals surface area contributed by atoms with Gasteiger partial charge in [0.15, 0.2) is 5.96 Å². The van der Waals surface area contributed by atoms with Crippen LogP contribution in [0.5, 0.6) is 0 Å². The Hall–Kier alpha value is -0.440. The molecule has 1 atom stereocenters. The molecule has 2 heterocycles. The minimum atomic E-state index is 0. The van der Waals surface area contributed by atoms with Gasteiger partial charge in [0.2, 0.25) is 0 Å². The molecular formula is C13H24IN5S. The molecule has 2 rings (SSSR count). The van der Waals surface area contributed by atoms with E-state index in [9.17, 15) is 0 Å². The molecule has 0 radical (unpaired) electrons. The smallest absolute Gasteiger partial charge is 0.191 e. The second-order valence-corrected chi connectivity index (χ2v) is 6.08. The van der Waals surface area contributed by atoms with E-state index < -0.39 is 0 Å². The summed E-state index contributed by atoms with van der Waals surface area (Å²) in [5.74, 6) is 2.22. The molecule has 0 spiro atoms. The van der Waals surface area contributed by atoms with Gasteiger partial charge in [-0.25, -0.2) is 4.98 Å². The SMILES string of the molecule is CN=C(NCCCn1ccnc1)NCC1CCCS1.I. The zero-order valence-corrected chi connectivity index (χ0v) is 15.1. The molecule has 1 aliphatic rings. The molecule has 2 N–H and O–H groups in total. The van der Waals surface area contributed by atoms with Crippen LogP contribution in [0.4, 0.5) is 0 Å². The Labute approximate surface area is 142 Å². The highest BCUT2D eigenvalue weighted by Crippen LogP contribution is 2.25. The molecule has 7 heteroatoms. The maximum absolute atomic E-state index is 4.25. The monoisotopic (exact) mass is 409 g/mol. The Kier molecular flexibility index (Phi) is 9.08. The fraction of sp³-hybridized carbons (Fsp3) is 0.692. The summed E-state index contributed by atoms with van der Waals surface area (Å²) in [6, 6.07) is 0. The van der Waals surface area contributed by atoms with E-state index in [4.69, 9.17) is 0 Å². The first-order valence-corrected chi connectivity index (χ1v) is 7.95. The largest absolute Gasteiger partial charge is 0.356 e. The van der Waals surface area contributed by atoms with Crippen LogP contribution in [0.15, 0.2) is 23.7 Å². The molecule has 1 saturated heterocycles. The zero-order chi connectivity index (χ0) is 13.3. The summed E-state index contributed by atoms with van der Waals surface area (Å²) in [5, 5.41) is 7.51. The molecule has 0 saturated carbocycles. The number of nitrogens with one attached hydrogen (secondary N) is 2. The average Bonchev–Trinajstić information content (AvgIpc) is 3.11. The Balaban J connectivity index is 0.00000200. The molecule has 114 valence electrons. The number of hydrogen-bond donors (Lipinski definition) is 2. The van der Waals surface area contributed by atoms with E-state index in [1.807, 2.05) is 25.8 Å². The van der Waals surface area contributed by atoms with E-state index in [1.165, 1.54) is 18.6 Å². The predicted molar refractivity (Wildman–Crippen MR) is 97.1 cm³/mol. The number of aromatic nitrogens is 2. The number of aryl methyl sites for hydroxylation is 1. The van der Waals surface area contributed by atoms with Gasteiger partial charge >= 0.3 is 0 Å². The standard InChI is InChI=1S/C13H23N5S.HI/c1-14-13(17-10-12-4-2-9-19-12)16-5-3-7-18-8-6-15-11-18;/h6,8,11-12H,2-5,7,9-10H2,1H3,(H2,14,16,17);1H.